The molecule has 0 unspecified atom stereocenters. The molecule has 1 aliphatic heterocycles. The van der Waals surface area contributed by atoms with Crippen LogP contribution < -0.4 is 4.74 Å². The van der Waals surface area contributed by atoms with Crippen molar-refractivity contribution in [3.05, 3.63) is 22.2 Å². The van der Waals surface area contributed by atoms with Crippen molar-refractivity contribution < 1.29 is 18.3 Å². The van der Waals surface area contributed by atoms with Crippen LogP contribution in [0, 0.1) is 0 Å². The SMILES string of the molecule is CCOc1cc(CN2CCCS(=O)(=O)CC2)cc(Br)c1O. The molecule has 1 aromatic carbocycles. The van der Waals surface area contributed by atoms with E-state index >= 15 is 0 Å². The first-order valence-electron chi connectivity index (χ1n) is 6.98. The molecule has 0 aliphatic carbocycles. The minimum absolute atomic E-state index is 0.0963. The molecule has 5 nitrogen and oxygen atoms in total. The summed E-state index contributed by atoms with van der Waals surface area (Å²) in [6.45, 7) is 4.30. The summed E-state index contributed by atoms with van der Waals surface area (Å²) in [6.07, 6.45) is 0.667. The number of phenolic OH excluding ortho intramolecular Hbond substituents is 1. The number of sulfone groups is 1. The molecule has 1 saturated heterocycles. The van der Waals surface area contributed by atoms with Crippen LogP contribution in [0.4, 0.5) is 0 Å². The maximum atomic E-state index is 11.6. The van der Waals surface area contributed by atoms with E-state index in [1.54, 1.807) is 0 Å². The molecule has 1 fully saturated rings. The third-order valence-corrected chi connectivity index (χ3v) is 5.76. The topological polar surface area (TPSA) is 66.8 Å². The monoisotopic (exact) mass is 377 g/mol. The molecule has 0 atom stereocenters. The zero-order valence-electron chi connectivity index (χ0n) is 12.0. The quantitative estimate of drug-likeness (QED) is 0.870. The standard InChI is InChI=1S/C14H20BrNO4S/c1-2-20-13-9-11(8-12(15)14(13)17)10-16-4-3-6-21(18,19)7-5-16/h8-9,17H,2-7,10H2,1H3. The van der Waals surface area contributed by atoms with Crippen LogP contribution in [-0.4, -0.2) is 49.6 Å². The van der Waals surface area contributed by atoms with Gasteiger partial charge in [-0.05, 0) is 53.5 Å². The van der Waals surface area contributed by atoms with Gasteiger partial charge in [0.25, 0.3) is 0 Å². The lowest BCUT2D eigenvalue weighted by atomic mass is 10.2. The zero-order valence-corrected chi connectivity index (χ0v) is 14.4. The van der Waals surface area contributed by atoms with Gasteiger partial charge in [-0.15, -0.1) is 0 Å². The van der Waals surface area contributed by atoms with Gasteiger partial charge in [0.05, 0.1) is 22.6 Å². The summed E-state index contributed by atoms with van der Waals surface area (Å²) >= 11 is 3.32. The van der Waals surface area contributed by atoms with Gasteiger partial charge in [-0.2, -0.15) is 0 Å². The first-order valence-corrected chi connectivity index (χ1v) is 9.59. The van der Waals surface area contributed by atoms with E-state index in [0.29, 0.717) is 36.3 Å². The molecule has 1 aliphatic rings. The summed E-state index contributed by atoms with van der Waals surface area (Å²) in [6, 6.07) is 3.65. The lowest BCUT2D eigenvalue weighted by Gasteiger charge is -2.20. The van der Waals surface area contributed by atoms with Crippen molar-refractivity contribution in [1.29, 1.82) is 0 Å². The third kappa shape index (κ3) is 4.59. The smallest absolute Gasteiger partial charge is 0.172 e. The van der Waals surface area contributed by atoms with Gasteiger partial charge in [0.15, 0.2) is 21.3 Å². The van der Waals surface area contributed by atoms with Crippen molar-refractivity contribution in [2.45, 2.75) is 19.9 Å². The molecule has 1 N–H and O–H groups in total. The van der Waals surface area contributed by atoms with Crippen molar-refractivity contribution in [1.82, 2.24) is 4.90 Å². The predicted molar refractivity (Wildman–Crippen MR) is 85.5 cm³/mol. The highest BCUT2D eigenvalue weighted by Crippen LogP contribution is 2.35. The van der Waals surface area contributed by atoms with E-state index in [2.05, 4.69) is 20.8 Å². The number of aromatic hydroxyl groups is 1. The number of hydrogen-bond donors (Lipinski definition) is 1. The predicted octanol–water partition coefficient (Wildman–Crippen LogP) is 2.17. The fraction of sp³-hybridized carbons (Fsp3) is 0.571. The molecule has 1 heterocycles. The molecule has 0 spiro atoms. The number of phenols is 1. The number of benzene rings is 1. The first-order chi connectivity index (χ1) is 9.91. The molecule has 0 amide bonds. The number of halogens is 1. The number of hydrogen-bond acceptors (Lipinski definition) is 5. The van der Waals surface area contributed by atoms with Crippen molar-refractivity contribution in [2.75, 3.05) is 31.2 Å². The molecule has 7 heteroatoms. The van der Waals surface area contributed by atoms with Crippen molar-refractivity contribution >= 4 is 25.8 Å². The fourth-order valence-corrected chi connectivity index (χ4v) is 4.19. The maximum Gasteiger partial charge on any atom is 0.172 e. The van der Waals surface area contributed by atoms with E-state index in [1.807, 2.05) is 19.1 Å². The summed E-state index contributed by atoms with van der Waals surface area (Å²) in [4.78, 5) is 2.12. The Labute approximate surface area is 134 Å². The molecule has 2 rings (SSSR count). The molecule has 21 heavy (non-hydrogen) atoms. The van der Waals surface area contributed by atoms with E-state index in [9.17, 15) is 13.5 Å². The molecule has 0 bridgehead atoms. The van der Waals surface area contributed by atoms with E-state index in [0.717, 1.165) is 12.1 Å². The lowest BCUT2D eigenvalue weighted by molar-refractivity contribution is 0.284. The zero-order chi connectivity index (χ0) is 15.5. The Hall–Kier alpha value is -0.790. The van der Waals surface area contributed by atoms with E-state index < -0.39 is 9.84 Å². The van der Waals surface area contributed by atoms with Gasteiger partial charge in [0.2, 0.25) is 0 Å². The van der Waals surface area contributed by atoms with Gasteiger partial charge in [0.1, 0.15) is 0 Å². The van der Waals surface area contributed by atoms with Gasteiger partial charge in [-0.3, -0.25) is 4.90 Å². The molecular formula is C14H20BrNO4S. The molecule has 118 valence electrons. The Morgan fingerprint density at radius 1 is 1.33 bits per heavy atom. The van der Waals surface area contributed by atoms with Gasteiger partial charge in [-0.1, -0.05) is 0 Å². The third-order valence-electron chi connectivity index (χ3n) is 3.44. The second-order valence-corrected chi connectivity index (χ2v) is 8.30. The van der Waals surface area contributed by atoms with Crippen LogP contribution in [0.15, 0.2) is 16.6 Å². The number of ether oxygens (including phenoxy) is 1. The highest BCUT2D eigenvalue weighted by Gasteiger charge is 2.20. The fourth-order valence-electron chi connectivity index (χ4n) is 2.39. The number of nitrogens with zero attached hydrogens (tertiary/aromatic N) is 1. The molecule has 1 aromatic rings. The van der Waals surface area contributed by atoms with Crippen LogP contribution in [0.5, 0.6) is 11.5 Å². The minimum Gasteiger partial charge on any atom is -0.503 e. The molecule has 0 saturated carbocycles. The second kappa shape index (κ2) is 6.98. The largest absolute Gasteiger partial charge is 0.503 e. The Bertz CT molecular complexity index is 603. The highest BCUT2D eigenvalue weighted by molar-refractivity contribution is 9.10. The molecule has 0 radical (unpaired) electrons. The van der Waals surface area contributed by atoms with Crippen molar-refractivity contribution in [2.24, 2.45) is 0 Å². The Balaban J connectivity index is 2.12. The van der Waals surface area contributed by atoms with Crippen LogP contribution in [0.3, 0.4) is 0 Å². The van der Waals surface area contributed by atoms with E-state index in [1.165, 1.54) is 0 Å². The summed E-state index contributed by atoms with van der Waals surface area (Å²) in [5.74, 6) is 1.03. The van der Waals surface area contributed by atoms with Crippen LogP contribution >= 0.6 is 15.9 Å². The molecular weight excluding hydrogens is 358 g/mol. The van der Waals surface area contributed by atoms with Crippen LogP contribution in [0.25, 0.3) is 0 Å². The second-order valence-electron chi connectivity index (χ2n) is 5.14. The molecule has 0 aromatic heterocycles. The highest BCUT2D eigenvalue weighted by atomic mass is 79.9. The summed E-state index contributed by atoms with van der Waals surface area (Å²) < 4.78 is 29.2. The first kappa shape index (κ1) is 16.6. The van der Waals surface area contributed by atoms with Crippen molar-refractivity contribution in [3.63, 3.8) is 0 Å². The summed E-state index contributed by atoms with van der Waals surface area (Å²) in [7, 11) is -2.89. The van der Waals surface area contributed by atoms with Crippen LogP contribution in [0.1, 0.15) is 18.9 Å². The Morgan fingerprint density at radius 2 is 2.10 bits per heavy atom. The minimum atomic E-state index is -2.89. The van der Waals surface area contributed by atoms with Gasteiger partial charge >= 0.3 is 0 Å². The Kier molecular flexibility index (Phi) is 5.51. The van der Waals surface area contributed by atoms with Gasteiger partial charge in [0, 0.05) is 13.1 Å². The lowest BCUT2D eigenvalue weighted by Crippen LogP contribution is -2.26. The maximum absolute atomic E-state index is 11.6. The average molecular weight is 378 g/mol. The van der Waals surface area contributed by atoms with Crippen LogP contribution in [-0.2, 0) is 16.4 Å². The average Bonchev–Trinajstić information content (AvgIpc) is 2.57. The van der Waals surface area contributed by atoms with Crippen molar-refractivity contribution in [3.8, 4) is 11.5 Å². The van der Waals surface area contributed by atoms with Crippen LogP contribution in [0.2, 0.25) is 0 Å². The van der Waals surface area contributed by atoms with E-state index in [4.69, 9.17) is 4.74 Å². The summed E-state index contributed by atoms with van der Waals surface area (Å²) in [5.41, 5.74) is 0.988. The number of rotatable bonds is 4. The van der Waals surface area contributed by atoms with E-state index in [-0.39, 0.29) is 17.3 Å². The van der Waals surface area contributed by atoms with Gasteiger partial charge < -0.3 is 9.84 Å². The van der Waals surface area contributed by atoms with Gasteiger partial charge in [-0.25, -0.2) is 8.42 Å². The normalized spacial score (nSPS) is 19.1. The Morgan fingerprint density at radius 3 is 2.81 bits per heavy atom. The summed E-state index contributed by atoms with van der Waals surface area (Å²) in [5, 5.41) is 9.91.